The summed E-state index contributed by atoms with van der Waals surface area (Å²) < 4.78 is 1.73. The molecule has 3 fully saturated rings. The summed E-state index contributed by atoms with van der Waals surface area (Å²) in [7, 11) is 1.56. The van der Waals surface area contributed by atoms with Gasteiger partial charge in [-0.05, 0) is 31.6 Å². The van der Waals surface area contributed by atoms with E-state index in [1.165, 1.54) is 6.42 Å². The summed E-state index contributed by atoms with van der Waals surface area (Å²) in [5.74, 6) is 0.343. The molecule has 2 N–H and O–H groups in total. The largest absolute Gasteiger partial charge is 0.391 e. The molecule has 8 nitrogen and oxygen atoms in total. The number of β-amino-alcohol motifs (C(OH)–C–C–N with tert-alkyl or cyclic N) is 1. The Bertz CT molecular complexity index is 695. The molecule has 2 aliphatic carbocycles. The predicted octanol–water partition coefficient (Wildman–Crippen LogP) is 0.985. The molecule has 0 spiro atoms. The quantitative estimate of drug-likeness (QED) is 0.799. The molecule has 1 aliphatic heterocycles. The van der Waals surface area contributed by atoms with Crippen molar-refractivity contribution in [1.29, 1.82) is 0 Å². The topological polar surface area (TPSA) is 100 Å². The lowest BCUT2D eigenvalue weighted by molar-refractivity contribution is -0.143. The van der Waals surface area contributed by atoms with Gasteiger partial charge in [0, 0.05) is 32.1 Å². The van der Waals surface area contributed by atoms with Crippen LogP contribution in [0.3, 0.4) is 0 Å². The highest BCUT2D eigenvalue weighted by Gasteiger charge is 2.44. The molecule has 3 atom stereocenters. The number of aliphatic hydroxyl groups is 1. The van der Waals surface area contributed by atoms with Crippen LogP contribution in [0, 0.1) is 5.92 Å². The molecular formula is C19H29N5O3. The Kier molecular flexibility index (Phi) is 5.16. The first-order chi connectivity index (χ1) is 13.1. The highest BCUT2D eigenvalue weighted by Crippen LogP contribution is 2.40. The van der Waals surface area contributed by atoms with E-state index < -0.39 is 18.2 Å². The first-order valence-electron chi connectivity index (χ1n) is 10.2. The van der Waals surface area contributed by atoms with Gasteiger partial charge in [-0.25, -0.2) is 4.68 Å². The van der Waals surface area contributed by atoms with Crippen LogP contribution in [0.4, 0.5) is 0 Å². The Labute approximate surface area is 159 Å². The van der Waals surface area contributed by atoms with Crippen LogP contribution in [-0.4, -0.2) is 62.6 Å². The van der Waals surface area contributed by atoms with Crippen LogP contribution < -0.4 is 5.32 Å². The smallest absolute Gasteiger partial charge is 0.248 e. The number of rotatable bonds is 5. The normalized spacial score (nSPS) is 27.6. The number of hydrogen-bond acceptors (Lipinski definition) is 5. The van der Waals surface area contributed by atoms with Gasteiger partial charge in [0.2, 0.25) is 11.8 Å². The van der Waals surface area contributed by atoms with Crippen LogP contribution in [0.5, 0.6) is 0 Å². The number of carbonyl (C=O) groups is 2. The molecule has 8 heteroatoms. The number of aromatic nitrogens is 3. The summed E-state index contributed by atoms with van der Waals surface area (Å²) in [4.78, 5) is 27.4. The van der Waals surface area contributed by atoms with Crippen LogP contribution in [0.1, 0.15) is 69.0 Å². The fourth-order valence-corrected chi connectivity index (χ4v) is 4.62. The van der Waals surface area contributed by atoms with Crippen molar-refractivity contribution in [1.82, 2.24) is 25.2 Å². The molecule has 3 aliphatic rings. The van der Waals surface area contributed by atoms with Gasteiger partial charge in [0.05, 0.1) is 11.8 Å². The van der Waals surface area contributed by atoms with Crippen LogP contribution in [0.15, 0.2) is 6.20 Å². The monoisotopic (exact) mass is 375 g/mol. The fourth-order valence-electron chi connectivity index (χ4n) is 4.62. The van der Waals surface area contributed by atoms with E-state index in [0.717, 1.165) is 44.2 Å². The van der Waals surface area contributed by atoms with Crippen LogP contribution in [-0.2, 0) is 9.59 Å². The van der Waals surface area contributed by atoms with Crippen LogP contribution >= 0.6 is 0 Å². The highest BCUT2D eigenvalue weighted by atomic mass is 16.3. The number of aliphatic hydroxyl groups excluding tert-OH is 1. The van der Waals surface area contributed by atoms with E-state index in [-0.39, 0.29) is 30.7 Å². The summed E-state index contributed by atoms with van der Waals surface area (Å²) in [6.45, 7) is 0.199. The number of carbonyl (C=O) groups excluding carboxylic acids is 2. The summed E-state index contributed by atoms with van der Waals surface area (Å²) in [5.41, 5.74) is 0.966. The van der Waals surface area contributed by atoms with E-state index in [1.807, 2.05) is 6.20 Å². The molecule has 1 aromatic rings. The van der Waals surface area contributed by atoms with Gasteiger partial charge in [-0.15, -0.1) is 5.10 Å². The van der Waals surface area contributed by atoms with Crippen LogP contribution in [0.2, 0.25) is 0 Å². The van der Waals surface area contributed by atoms with Gasteiger partial charge in [0.15, 0.2) is 0 Å². The number of amides is 2. The maximum Gasteiger partial charge on any atom is 0.248 e. The van der Waals surface area contributed by atoms with E-state index >= 15 is 0 Å². The van der Waals surface area contributed by atoms with Crippen molar-refractivity contribution < 1.29 is 14.7 Å². The lowest BCUT2D eigenvalue weighted by Gasteiger charge is -2.33. The zero-order valence-electron chi connectivity index (χ0n) is 15.9. The number of nitrogens with one attached hydrogen (secondary N) is 1. The second kappa shape index (κ2) is 7.58. The summed E-state index contributed by atoms with van der Waals surface area (Å²) in [6.07, 6.45) is 9.21. The third kappa shape index (κ3) is 3.72. The molecule has 2 heterocycles. The van der Waals surface area contributed by atoms with Crippen molar-refractivity contribution in [2.45, 2.75) is 75.5 Å². The van der Waals surface area contributed by atoms with E-state index in [1.54, 1.807) is 16.6 Å². The Morgan fingerprint density at radius 1 is 1.22 bits per heavy atom. The third-order valence-corrected chi connectivity index (χ3v) is 6.27. The number of likely N-dealkylation sites (N-methyl/N-ethyl adjacent to an activating group) is 1. The van der Waals surface area contributed by atoms with E-state index in [0.29, 0.717) is 5.92 Å². The van der Waals surface area contributed by atoms with Crippen molar-refractivity contribution >= 4 is 11.8 Å². The summed E-state index contributed by atoms with van der Waals surface area (Å²) in [6, 6.07) is -1.06. The predicted molar refractivity (Wildman–Crippen MR) is 97.8 cm³/mol. The molecule has 0 aromatic carbocycles. The van der Waals surface area contributed by atoms with Gasteiger partial charge in [-0.3, -0.25) is 9.59 Å². The zero-order chi connectivity index (χ0) is 19.0. The van der Waals surface area contributed by atoms with Gasteiger partial charge in [-0.2, -0.15) is 0 Å². The highest BCUT2D eigenvalue weighted by molar-refractivity contribution is 5.90. The second-order valence-electron chi connectivity index (χ2n) is 8.25. The summed E-state index contributed by atoms with van der Waals surface area (Å²) >= 11 is 0. The number of likely N-dealkylation sites (tertiary alicyclic amines) is 1. The first kappa shape index (κ1) is 18.4. The van der Waals surface area contributed by atoms with Crippen molar-refractivity contribution in [3.63, 3.8) is 0 Å². The first-order valence-corrected chi connectivity index (χ1v) is 10.2. The molecule has 27 heavy (non-hydrogen) atoms. The summed E-state index contributed by atoms with van der Waals surface area (Å²) in [5, 5.41) is 21.3. The fraction of sp³-hybridized carbons (Fsp3) is 0.789. The minimum atomic E-state index is -0.666. The second-order valence-corrected chi connectivity index (χ2v) is 8.25. The Hall–Kier alpha value is -1.96. The average molecular weight is 375 g/mol. The SMILES string of the molecule is CNC(=O)C1CC(O)CN1C(=O)[C@H](C1CCCCC1)n1cc(C2CC2)nn1. The van der Waals surface area contributed by atoms with Crippen molar-refractivity contribution in [3.05, 3.63) is 11.9 Å². The minimum absolute atomic E-state index is 0.112. The Morgan fingerprint density at radius 2 is 1.96 bits per heavy atom. The lowest BCUT2D eigenvalue weighted by Crippen LogP contribution is -2.49. The number of hydrogen-bond donors (Lipinski definition) is 2. The molecule has 2 amide bonds. The molecule has 2 unspecified atom stereocenters. The Balaban J connectivity index is 1.62. The molecule has 2 saturated carbocycles. The van der Waals surface area contributed by atoms with Crippen molar-refractivity contribution in [2.75, 3.05) is 13.6 Å². The lowest BCUT2D eigenvalue weighted by atomic mass is 9.83. The van der Waals surface area contributed by atoms with E-state index in [2.05, 4.69) is 15.6 Å². The van der Waals surface area contributed by atoms with Crippen molar-refractivity contribution in [3.8, 4) is 0 Å². The van der Waals surface area contributed by atoms with Gasteiger partial charge >= 0.3 is 0 Å². The van der Waals surface area contributed by atoms with Crippen LogP contribution in [0.25, 0.3) is 0 Å². The number of nitrogens with zero attached hydrogens (tertiary/aromatic N) is 4. The van der Waals surface area contributed by atoms with Gasteiger partial charge in [0.1, 0.15) is 12.1 Å². The maximum atomic E-state index is 13.6. The molecule has 1 saturated heterocycles. The molecule has 148 valence electrons. The van der Waals surface area contributed by atoms with E-state index in [9.17, 15) is 14.7 Å². The van der Waals surface area contributed by atoms with E-state index in [4.69, 9.17) is 0 Å². The molecule has 0 radical (unpaired) electrons. The van der Waals surface area contributed by atoms with Gasteiger partial charge < -0.3 is 15.3 Å². The molecule has 1 aromatic heterocycles. The molecule has 4 rings (SSSR count). The van der Waals surface area contributed by atoms with Gasteiger partial charge in [-0.1, -0.05) is 24.5 Å². The maximum absolute atomic E-state index is 13.6. The van der Waals surface area contributed by atoms with Crippen molar-refractivity contribution in [2.24, 2.45) is 5.92 Å². The molecule has 0 bridgehead atoms. The standard InChI is InChI=1S/C19H29N5O3/c1-20-18(26)16-9-14(25)10-23(16)19(27)17(13-5-3-2-4-6-13)24-11-15(21-22-24)12-7-8-12/h11-14,16-17,25H,2-10H2,1H3,(H,20,26)/t14?,16?,17-/m0/s1. The van der Waals surface area contributed by atoms with Gasteiger partial charge in [0.25, 0.3) is 0 Å². The molecular weight excluding hydrogens is 346 g/mol. The average Bonchev–Trinajstić information content (AvgIpc) is 3.30. The zero-order valence-corrected chi connectivity index (χ0v) is 15.9. The Morgan fingerprint density at radius 3 is 2.63 bits per heavy atom. The minimum Gasteiger partial charge on any atom is -0.391 e. The third-order valence-electron chi connectivity index (χ3n) is 6.27.